The standard InChI is InChI=1S/C22H19N5O2/c28-20(25-17-10-9-15-5-4-6-16(15)11-17)13-26-14-23-21-19(22(26)29)12-24-27(21)18-7-2-1-3-8-18/h1-3,7-12,14H,4-6,13H2,(H,25,28). The number of nitrogens with zero attached hydrogens (tertiary/aromatic N) is 4. The molecule has 144 valence electrons. The van der Waals surface area contributed by atoms with Crippen molar-refractivity contribution >= 4 is 22.6 Å². The Morgan fingerprint density at radius 1 is 1.07 bits per heavy atom. The highest BCUT2D eigenvalue weighted by molar-refractivity contribution is 5.91. The topological polar surface area (TPSA) is 81.8 Å². The van der Waals surface area contributed by atoms with Gasteiger partial charge in [0.25, 0.3) is 5.56 Å². The van der Waals surface area contributed by atoms with Gasteiger partial charge in [0.05, 0.1) is 11.9 Å². The van der Waals surface area contributed by atoms with Gasteiger partial charge >= 0.3 is 0 Å². The van der Waals surface area contributed by atoms with Crippen molar-refractivity contribution in [3.8, 4) is 5.69 Å². The number of rotatable bonds is 4. The highest BCUT2D eigenvalue weighted by Gasteiger charge is 2.15. The third kappa shape index (κ3) is 3.20. The lowest BCUT2D eigenvalue weighted by Gasteiger charge is -2.09. The van der Waals surface area contributed by atoms with Crippen LogP contribution < -0.4 is 10.9 Å². The third-order valence-electron chi connectivity index (χ3n) is 5.25. The van der Waals surface area contributed by atoms with Crippen molar-refractivity contribution in [3.05, 3.63) is 82.5 Å². The van der Waals surface area contributed by atoms with Gasteiger partial charge in [0.15, 0.2) is 5.65 Å². The van der Waals surface area contributed by atoms with Gasteiger partial charge in [-0.05, 0) is 54.7 Å². The molecule has 1 N–H and O–H groups in total. The van der Waals surface area contributed by atoms with Gasteiger partial charge in [-0.1, -0.05) is 24.3 Å². The second kappa shape index (κ2) is 7.01. The maximum atomic E-state index is 12.8. The molecule has 0 fully saturated rings. The number of benzene rings is 2. The van der Waals surface area contributed by atoms with Gasteiger partial charge in [-0.25, -0.2) is 9.67 Å². The van der Waals surface area contributed by atoms with Crippen molar-refractivity contribution in [2.75, 3.05) is 5.32 Å². The van der Waals surface area contributed by atoms with E-state index in [-0.39, 0.29) is 18.0 Å². The van der Waals surface area contributed by atoms with Crippen LogP contribution in [0.15, 0.2) is 65.8 Å². The van der Waals surface area contributed by atoms with Crippen molar-refractivity contribution in [1.82, 2.24) is 19.3 Å². The van der Waals surface area contributed by atoms with Crippen molar-refractivity contribution in [3.63, 3.8) is 0 Å². The predicted octanol–water partition coefficient (Wildman–Crippen LogP) is 2.71. The number of anilines is 1. The normalized spacial score (nSPS) is 12.8. The van der Waals surface area contributed by atoms with Crippen LogP contribution in [0.5, 0.6) is 0 Å². The summed E-state index contributed by atoms with van der Waals surface area (Å²) < 4.78 is 2.92. The summed E-state index contributed by atoms with van der Waals surface area (Å²) in [6, 6.07) is 15.5. The molecule has 7 heteroatoms. The Kier molecular flexibility index (Phi) is 4.20. The third-order valence-corrected chi connectivity index (χ3v) is 5.25. The number of aromatic nitrogens is 4. The fourth-order valence-electron chi connectivity index (χ4n) is 3.82. The van der Waals surface area contributed by atoms with Crippen LogP contribution in [0.4, 0.5) is 5.69 Å². The Morgan fingerprint density at radius 2 is 1.90 bits per heavy atom. The molecular formula is C22H19N5O2. The lowest BCUT2D eigenvalue weighted by Crippen LogP contribution is -2.27. The maximum absolute atomic E-state index is 12.8. The Balaban J connectivity index is 1.39. The van der Waals surface area contributed by atoms with Crippen molar-refractivity contribution in [1.29, 1.82) is 0 Å². The molecule has 5 rings (SSSR count). The van der Waals surface area contributed by atoms with Crippen molar-refractivity contribution in [2.24, 2.45) is 0 Å². The lowest BCUT2D eigenvalue weighted by molar-refractivity contribution is -0.116. The number of hydrogen-bond donors (Lipinski definition) is 1. The maximum Gasteiger partial charge on any atom is 0.264 e. The van der Waals surface area contributed by atoms with Crippen LogP contribution >= 0.6 is 0 Å². The molecule has 1 aliphatic carbocycles. The predicted molar refractivity (Wildman–Crippen MR) is 110 cm³/mol. The molecule has 1 amide bonds. The summed E-state index contributed by atoms with van der Waals surface area (Å²) in [6.07, 6.45) is 6.19. The molecule has 0 atom stereocenters. The van der Waals surface area contributed by atoms with Crippen molar-refractivity contribution < 1.29 is 4.79 Å². The number of hydrogen-bond acceptors (Lipinski definition) is 4. The van der Waals surface area contributed by atoms with E-state index in [0.717, 1.165) is 30.6 Å². The number of nitrogens with one attached hydrogen (secondary N) is 1. The zero-order valence-electron chi connectivity index (χ0n) is 15.7. The minimum atomic E-state index is -0.290. The number of carbonyl (C=O) groups excluding carboxylic acids is 1. The first kappa shape index (κ1) is 17.4. The highest BCUT2D eigenvalue weighted by atomic mass is 16.2. The molecule has 1 aliphatic rings. The second-order valence-electron chi connectivity index (χ2n) is 7.19. The van der Waals surface area contributed by atoms with E-state index in [9.17, 15) is 9.59 Å². The molecule has 4 aromatic rings. The van der Waals surface area contributed by atoms with Crippen molar-refractivity contribution in [2.45, 2.75) is 25.8 Å². The first-order valence-electron chi connectivity index (χ1n) is 9.59. The Hall–Kier alpha value is -3.74. The average Bonchev–Trinajstić information content (AvgIpc) is 3.37. The largest absolute Gasteiger partial charge is 0.325 e. The van der Waals surface area contributed by atoms with E-state index >= 15 is 0 Å². The van der Waals surface area contributed by atoms with Crippen LogP contribution in [0.25, 0.3) is 16.7 Å². The Labute approximate surface area is 166 Å². The number of fused-ring (bicyclic) bond motifs is 2. The van der Waals surface area contributed by atoms with Crippen LogP contribution in [0, 0.1) is 0 Å². The fraction of sp³-hybridized carbons (Fsp3) is 0.182. The molecule has 0 unspecified atom stereocenters. The summed E-state index contributed by atoms with van der Waals surface area (Å²) in [7, 11) is 0. The molecule has 0 saturated carbocycles. The summed E-state index contributed by atoms with van der Waals surface area (Å²) in [4.78, 5) is 29.7. The second-order valence-corrected chi connectivity index (χ2v) is 7.19. The summed E-state index contributed by atoms with van der Waals surface area (Å²) in [5.41, 5.74) is 4.40. The van der Waals surface area contributed by atoms with E-state index in [1.807, 2.05) is 42.5 Å². The first-order valence-corrected chi connectivity index (χ1v) is 9.59. The van der Waals surface area contributed by atoms with Crippen LogP contribution in [-0.2, 0) is 24.2 Å². The molecule has 2 aromatic carbocycles. The average molecular weight is 385 g/mol. The van der Waals surface area contributed by atoms with Gasteiger partial charge in [0.1, 0.15) is 18.3 Å². The number of carbonyl (C=O) groups is 1. The molecule has 0 spiro atoms. The minimum Gasteiger partial charge on any atom is -0.325 e. The van der Waals surface area contributed by atoms with Crippen LogP contribution in [0.3, 0.4) is 0 Å². The van der Waals surface area contributed by atoms with E-state index in [0.29, 0.717) is 11.0 Å². The number of amides is 1. The van der Waals surface area contributed by atoms with Gasteiger partial charge < -0.3 is 5.32 Å². The van der Waals surface area contributed by atoms with E-state index in [4.69, 9.17) is 0 Å². The van der Waals surface area contributed by atoms with Gasteiger partial charge in [-0.15, -0.1) is 0 Å². The zero-order chi connectivity index (χ0) is 19.8. The SMILES string of the molecule is O=C(Cn1cnc2c(cnn2-c2ccccc2)c1=O)Nc1ccc2c(c1)CCC2. The minimum absolute atomic E-state index is 0.102. The first-order chi connectivity index (χ1) is 14.2. The Morgan fingerprint density at radius 3 is 2.76 bits per heavy atom. The smallest absolute Gasteiger partial charge is 0.264 e. The summed E-state index contributed by atoms with van der Waals surface area (Å²) in [5.74, 6) is -0.262. The molecular weight excluding hydrogens is 366 g/mol. The molecule has 7 nitrogen and oxygen atoms in total. The zero-order valence-corrected chi connectivity index (χ0v) is 15.7. The molecule has 2 aromatic heterocycles. The highest BCUT2D eigenvalue weighted by Crippen LogP contribution is 2.24. The van der Waals surface area contributed by atoms with Gasteiger partial charge in [-0.3, -0.25) is 14.2 Å². The van der Waals surface area contributed by atoms with Gasteiger partial charge in [-0.2, -0.15) is 5.10 Å². The molecule has 29 heavy (non-hydrogen) atoms. The molecule has 2 heterocycles. The van der Waals surface area contributed by atoms with Crippen LogP contribution in [-0.4, -0.2) is 25.2 Å². The van der Waals surface area contributed by atoms with E-state index in [2.05, 4.69) is 21.5 Å². The molecule has 0 aliphatic heterocycles. The lowest BCUT2D eigenvalue weighted by atomic mass is 10.1. The van der Waals surface area contributed by atoms with Gasteiger partial charge in [0.2, 0.25) is 5.91 Å². The quantitative estimate of drug-likeness (QED) is 0.586. The fourth-order valence-corrected chi connectivity index (χ4v) is 3.82. The van der Waals surface area contributed by atoms with Gasteiger partial charge in [0, 0.05) is 5.69 Å². The molecule has 0 bridgehead atoms. The molecule has 0 saturated heterocycles. The summed E-state index contributed by atoms with van der Waals surface area (Å²) in [6.45, 7) is -0.102. The van der Waals surface area contributed by atoms with E-state index < -0.39 is 0 Å². The van der Waals surface area contributed by atoms with E-state index in [1.165, 1.54) is 28.2 Å². The van der Waals surface area contributed by atoms with Crippen LogP contribution in [0.1, 0.15) is 17.5 Å². The number of aryl methyl sites for hydroxylation is 2. The van der Waals surface area contributed by atoms with E-state index in [1.54, 1.807) is 4.68 Å². The summed E-state index contributed by atoms with van der Waals surface area (Å²) in [5, 5.41) is 7.54. The molecule has 0 radical (unpaired) electrons. The monoisotopic (exact) mass is 385 g/mol. The van der Waals surface area contributed by atoms with Crippen LogP contribution in [0.2, 0.25) is 0 Å². The Bertz CT molecular complexity index is 1270. The summed E-state index contributed by atoms with van der Waals surface area (Å²) >= 11 is 0. The number of para-hydroxylation sites is 1.